The van der Waals surface area contributed by atoms with Crippen molar-refractivity contribution >= 4 is 5.97 Å². The summed E-state index contributed by atoms with van der Waals surface area (Å²) in [7, 11) is 0. The van der Waals surface area contributed by atoms with Gasteiger partial charge in [-0.25, -0.2) is 0 Å². The van der Waals surface area contributed by atoms with E-state index in [-0.39, 0.29) is 17.3 Å². The molecule has 1 aromatic carbocycles. The van der Waals surface area contributed by atoms with Crippen LogP contribution in [0.25, 0.3) is 0 Å². The minimum absolute atomic E-state index is 0.00236. The molecular weight excluding hydrogens is 236 g/mol. The number of benzene rings is 1. The van der Waals surface area contributed by atoms with Crippen LogP contribution < -0.4 is 4.74 Å². The smallest absolute Gasteiger partial charge is 0.315 e. The van der Waals surface area contributed by atoms with Gasteiger partial charge in [-0.2, -0.15) is 0 Å². The van der Waals surface area contributed by atoms with E-state index in [9.17, 15) is 4.79 Å². The van der Waals surface area contributed by atoms with E-state index in [0.717, 1.165) is 12.8 Å². The van der Waals surface area contributed by atoms with Gasteiger partial charge in [-0.3, -0.25) is 4.79 Å². The molecule has 2 rings (SSSR count). The van der Waals surface area contributed by atoms with Crippen molar-refractivity contribution in [1.29, 1.82) is 0 Å². The predicted octanol–water partition coefficient (Wildman–Crippen LogP) is 4.36. The van der Waals surface area contributed by atoms with Gasteiger partial charge in [0.25, 0.3) is 0 Å². The van der Waals surface area contributed by atoms with E-state index >= 15 is 0 Å². The number of aryl methyl sites for hydroxylation is 1. The minimum Gasteiger partial charge on any atom is -0.426 e. The third-order valence-electron chi connectivity index (χ3n) is 4.38. The summed E-state index contributed by atoms with van der Waals surface area (Å²) in [5.41, 5.74) is 1.21. The van der Waals surface area contributed by atoms with Crippen molar-refractivity contribution in [2.45, 2.75) is 47.0 Å². The molecule has 0 aromatic heterocycles. The molecule has 0 heterocycles. The average Bonchev–Trinajstić information content (AvgIpc) is 2.30. The van der Waals surface area contributed by atoms with Crippen LogP contribution in [0.1, 0.15) is 45.6 Å². The number of rotatable bonds is 2. The lowest BCUT2D eigenvalue weighted by molar-refractivity contribution is -0.147. The van der Waals surface area contributed by atoms with E-state index in [1.165, 1.54) is 12.0 Å². The summed E-state index contributed by atoms with van der Waals surface area (Å²) in [6.07, 6.45) is 3.44. The zero-order valence-electron chi connectivity index (χ0n) is 12.4. The highest BCUT2D eigenvalue weighted by molar-refractivity contribution is 5.76. The number of hydrogen-bond donors (Lipinski definition) is 0. The molecule has 0 spiro atoms. The first kappa shape index (κ1) is 14.1. The second-order valence-corrected chi connectivity index (χ2v) is 6.57. The van der Waals surface area contributed by atoms with Crippen LogP contribution in [0, 0.1) is 24.2 Å². The van der Waals surface area contributed by atoms with Crippen LogP contribution in [0.3, 0.4) is 0 Å². The van der Waals surface area contributed by atoms with Gasteiger partial charge in [0.2, 0.25) is 0 Å². The molecule has 2 atom stereocenters. The fraction of sp³-hybridized carbons (Fsp3) is 0.588. The van der Waals surface area contributed by atoms with Gasteiger partial charge in [-0.1, -0.05) is 44.9 Å². The van der Waals surface area contributed by atoms with Crippen LogP contribution >= 0.6 is 0 Å². The lowest BCUT2D eigenvalue weighted by Crippen LogP contribution is -2.41. The van der Waals surface area contributed by atoms with Crippen molar-refractivity contribution in [2.75, 3.05) is 0 Å². The van der Waals surface area contributed by atoms with Crippen LogP contribution in [0.4, 0.5) is 0 Å². The Morgan fingerprint density at radius 1 is 1.26 bits per heavy atom. The van der Waals surface area contributed by atoms with Gasteiger partial charge in [-0.05, 0) is 43.2 Å². The number of ether oxygens (including phenoxy) is 1. The lowest BCUT2D eigenvalue weighted by Gasteiger charge is -2.40. The van der Waals surface area contributed by atoms with Gasteiger partial charge in [-0.15, -0.1) is 0 Å². The van der Waals surface area contributed by atoms with Crippen molar-refractivity contribution in [3.8, 4) is 5.75 Å². The Morgan fingerprint density at radius 3 is 2.47 bits per heavy atom. The van der Waals surface area contributed by atoms with Gasteiger partial charge in [0.15, 0.2) is 0 Å². The first-order valence-electron chi connectivity index (χ1n) is 7.18. The van der Waals surface area contributed by atoms with E-state index in [4.69, 9.17) is 4.74 Å². The van der Waals surface area contributed by atoms with E-state index in [1.807, 2.05) is 31.2 Å². The maximum atomic E-state index is 12.5. The van der Waals surface area contributed by atoms with Crippen molar-refractivity contribution < 1.29 is 9.53 Å². The molecule has 1 saturated carbocycles. The van der Waals surface area contributed by atoms with Crippen LogP contribution in [0.2, 0.25) is 0 Å². The average molecular weight is 260 g/mol. The largest absolute Gasteiger partial charge is 0.426 e. The van der Waals surface area contributed by atoms with E-state index in [2.05, 4.69) is 20.8 Å². The fourth-order valence-corrected chi connectivity index (χ4v) is 3.31. The molecule has 104 valence electrons. The number of carbonyl (C=O) groups excluding carboxylic acids is 1. The van der Waals surface area contributed by atoms with Crippen molar-refractivity contribution in [1.82, 2.24) is 0 Å². The van der Waals surface area contributed by atoms with Gasteiger partial charge >= 0.3 is 5.97 Å². The highest BCUT2D eigenvalue weighted by atomic mass is 16.5. The van der Waals surface area contributed by atoms with Crippen molar-refractivity contribution in [2.24, 2.45) is 17.3 Å². The SMILES string of the molecule is Cc1ccc(OC(=O)C2C(C)CCCC2(C)C)cc1. The zero-order valence-corrected chi connectivity index (χ0v) is 12.4. The van der Waals surface area contributed by atoms with Gasteiger partial charge in [0.05, 0.1) is 5.92 Å². The maximum absolute atomic E-state index is 12.5. The molecule has 1 aliphatic rings. The minimum atomic E-state index is -0.0685. The summed E-state index contributed by atoms with van der Waals surface area (Å²) >= 11 is 0. The Balaban J connectivity index is 2.11. The van der Waals surface area contributed by atoms with Crippen LogP contribution in [-0.2, 0) is 4.79 Å². The van der Waals surface area contributed by atoms with Crippen molar-refractivity contribution in [3.63, 3.8) is 0 Å². The van der Waals surface area contributed by atoms with Crippen molar-refractivity contribution in [3.05, 3.63) is 29.8 Å². The van der Waals surface area contributed by atoms with Crippen LogP contribution in [0.15, 0.2) is 24.3 Å². The lowest BCUT2D eigenvalue weighted by atomic mass is 9.64. The monoisotopic (exact) mass is 260 g/mol. The summed E-state index contributed by atoms with van der Waals surface area (Å²) in [4.78, 5) is 12.5. The first-order valence-corrected chi connectivity index (χ1v) is 7.18. The standard InChI is InChI=1S/C17H24O2/c1-12-7-9-14(10-8-12)19-16(18)15-13(2)6-5-11-17(15,3)4/h7-10,13,15H,5-6,11H2,1-4H3. The number of carbonyl (C=O) groups is 1. The zero-order chi connectivity index (χ0) is 14.0. The van der Waals surface area contributed by atoms with E-state index < -0.39 is 0 Å². The molecule has 0 amide bonds. The summed E-state index contributed by atoms with van der Waals surface area (Å²) in [5, 5.41) is 0. The second-order valence-electron chi connectivity index (χ2n) is 6.57. The first-order chi connectivity index (χ1) is 8.90. The van der Waals surface area contributed by atoms with Crippen LogP contribution in [0.5, 0.6) is 5.75 Å². The molecular formula is C17H24O2. The molecule has 0 aliphatic heterocycles. The van der Waals surface area contributed by atoms with Gasteiger partial charge < -0.3 is 4.74 Å². The van der Waals surface area contributed by atoms with Gasteiger partial charge in [0, 0.05) is 0 Å². The fourth-order valence-electron chi connectivity index (χ4n) is 3.31. The second kappa shape index (κ2) is 5.36. The summed E-state index contributed by atoms with van der Waals surface area (Å²) in [6, 6.07) is 7.68. The maximum Gasteiger partial charge on any atom is 0.315 e. The molecule has 1 aliphatic carbocycles. The number of hydrogen-bond acceptors (Lipinski definition) is 2. The van der Waals surface area contributed by atoms with E-state index in [0.29, 0.717) is 11.7 Å². The molecule has 2 unspecified atom stereocenters. The Kier molecular flexibility index (Phi) is 3.98. The Morgan fingerprint density at radius 2 is 1.89 bits per heavy atom. The Hall–Kier alpha value is -1.31. The normalized spacial score (nSPS) is 25.9. The summed E-state index contributed by atoms with van der Waals surface area (Å²) in [5.74, 6) is 0.995. The number of esters is 1. The molecule has 1 aromatic rings. The molecule has 0 N–H and O–H groups in total. The molecule has 19 heavy (non-hydrogen) atoms. The van der Waals surface area contributed by atoms with Crippen LogP contribution in [-0.4, -0.2) is 5.97 Å². The Bertz CT molecular complexity index is 445. The molecule has 0 bridgehead atoms. The Labute approximate surface area is 116 Å². The third-order valence-corrected chi connectivity index (χ3v) is 4.38. The topological polar surface area (TPSA) is 26.3 Å². The molecule has 2 heteroatoms. The predicted molar refractivity (Wildman–Crippen MR) is 77.1 cm³/mol. The summed E-state index contributed by atoms with van der Waals surface area (Å²) in [6.45, 7) is 8.56. The quantitative estimate of drug-likeness (QED) is 0.583. The summed E-state index contributed by atoms with van der Waals surface area (Å²) < 4.78 is 5.58. The molecule has 0 saturated heterocycles. The molecule has 0 radical (unpaired) electrons. The highest BCUT2D eigenvalue weighted by Gasteiger charge is 2.42. The third kappa shape index (κ3) is 3.17. The highest BCUT2D eigenvalue weighted by Crippen LogP contribution is 2.44. The molecule has 2 nitrogen and oxygen atoms in total. The van der Waals surface area contributed by atoms with E-state index in [1.54, 1.807) is 0 Å². The molecule has 1 fully saturated rings. The van der Waals surface area contributed by atoms with Gasteiger partial charge in [0.1, 0.15) is 5.75 Å².